The molecule has 154 valence electrons. The van der Waals surface area contributed by atoms with Crippen molar-refractivity contribution in [3.63, 3.8) is 0 Å². The number of rotatable bonds is 8. The molecular weight excluding hydrogens is 413 g/mol. The molecule has 3 nitrogen and oxygen atoms in total. The second-order valence-electron chi connectivity index (χ2n) is 10.1. The quantitative estimate of drug-likeness (QED) is 0.522. The van der Waals surface area contributed by atoms with Crippen molar-refractivity contribution >= 4 is 43.9 Å². The molecule has 2 rings (SSSR count). The molecule has 28 heavy (non-hydrogen) atoms. The van der Waals surface area contributed by atoms with E-state index in [9.17, 15) is 0 Å². The van der Waals surface area contributed by atoms with E-state index in [1.807, 2.05) is 6.07 Å². The summed E-state index contributed by atoms with van der Waals surface area (Å²) in [6.45, 7) is 20.1. The maximum absolute atomic E-state index is 7.05. The molecule has 0 amide bonds. The lowest BCUT2D eigenvalue weighted by molar-refractivity contribution is 0.411. The fourth-order valence-corrected chi connectivity index (χ4v) is 15.0. The van der Waals surface area contributed by atoms with Crippen molar-refractivity contribution in [2.24, 2.45) is 0 Å². The third kappa shape index (κ3) is 6.53. The van der Waals surface area contributed by atoms with Crippen molar-refractivity contribution in [3.8, 4) is 5.75 Å². The van der Waals surface area contributed by atoms with E-state index < -0.39 is 33.5 Å². The highest BCUT2D eigenvalue weighted by Gasteiger charge is 2.50. The molecule has 0 aliphatic carbocycles. The van der Waals surface area contributed by atoms with Crippen LogP contribution >= 0.6 is 0 Å². The maximum atomic E-state index is 7.05. The molecule has 0 heterocycles. The van der Waals surface area contributed by atoms with Gasteiger partial charge in [0, 0.05) is 5.19 Å². The summed E-state index contributed by atoms with van der Waals surface area (Å²) in [6, 6.07) is 18.9. The van der Waals surface area contributed by atoms with Gasteiger partial charge in [-0.25, -0.2) is 0 Å². The Kier molecular flexibility index (Phi) is 7.00. The topological polar surface area (TPSA) is 27.7 Å². The molecule has 0 aromatic heterocycles. The van der Waals surface area contributed by atoms with Gasteiger partial charge in [0.15, 0.2) is 16.6 Å². The van der Waals surface area contributed by atoms with E-state index in [4.69, 9.17) is 12.7 Å². The summed E-state index contributed by atoms with van der Waals surface area (Å²) in [5.41, 5.74) is 0. The van der Waals surface area contributed by atoms with Crippen LogP contribution in [0.15, 0.2) is 54.6 Å². The smallest absolute Gasteiger partial charge is 0.390 e. The zero-order chi connectivity index (χ0) is 21.2. The summed E-state index contributed by atoms with van der Waals surface area (Å²) in [5, 5.41) is 2.26. The fourth-order valence-electron chi connectivity index (χ4n) is 3.08. The Morgan fingerprint density at radius 2 is 1.00 bits per heavy atom. The Labute approximate surface area is 175 Å². The Morgan fingerprint density at radius 1 is 0.536 bits per heavy atom. The number of benzene rings is 2. The van der Waals surface area contributed by atoms with E-state index >= 15 is 0 Å². The largest absolute Gasteiger partial charge is 0.544 e. The summed E-state index contributed by atoms with van der Waals surface area (Å²) in [5.74, 6) is 0.925. The maximum Gasteiger partial charge on any atom is 0.390 e. The molecule has 0 radical (unpaired) electrons. The molecule has 2 aromatic rings. The predicted molar refractivity (Wildman–Crippen MR) is 131 cm³/mol. The van der Waals surface area contributed by atoms with Crippen LogP contribution in [0.2, 0.25) is 58.9 Å². The normalized spacial score (nSPS) is 13.5. The van der Waals surface area contributed by atoms with Gasteiger partial charge in [0.25, 0.3) is 0 Å². The summed E-state index contributed by atoms with van der Waals surface area (Å²) in [6.07, 6.45) is 0. The van der Waals surface area contributed by atoms with Gasteiger partial charge in [0.2, 0.25) is 8.32 Å². The second-order valence-corrected chi connectivity index (χ2v) is 27.0. The first kappa shape index (κ1) is 23.3. The molecule has 0 unspecified atom stereocenters. The van der Waals surface area contributed by atoms with Gasteiger partial charge < -0.3 is 12.7 Å². The average Bonchev–Trinajstić information content (AvgIpc) is 2.51. The number of hydrogen-bond donors (Lipinski definition) is 0. The van der Waals surface area contributed by atoms with E-state index in [2.05, 4.69) is 107 Å². The first-order chi connectivity index (χ1) is 12.7. The van der Waals surface area contributed by atoms with Gasteiger partial charge in [-0.15, -0.1) is 0 Å². The Bertz CT molecular complexity index is 759. The van der Waals surface area contributed by atoms with E-state index in [0.29, 0.717) is 0 Å². The van der Waals surface area contributed by atoms with Crippen molar-refractivity contribution < 1.29 is 12.7 Å². The third-order valence-electron chi connectivity index (χ3n) is 3.71. The fraction of sp³-hybridized carbons (Fsp3) is 0.429. The molecule has 0 saturated carbocycles. The Hall–Kier alpha value is -0.972. The average molecular weight is 449 g/mol. The van der Waals surface area contributed by atoms with Crippen LogP contribution in [-0.2, 0) is 8.23 Å². The first-order valence-corrected chi connectivity index (χ1v) is 22.0. The molecule has 0 N–H and O–H groups in total. The van der Waals surface area contributed by atoms with Crippen molar-refractivity contribution in [2.75, 3.05) is 0 Å². The summed E-state index contributed by atoms with van der Waals surface area (Å²) in [7, 11) is -8.58. The minimum Gasteiger partial charge on any atom is -0.544 e. The Balaban J connectivity index is 2.81. The summed E-state index contributed by atoms with van der Waals surface area (Å²) >= 11 is 0. The molecular formula is C21H36O3Si4. The molecule has 0 saturated heterocycles. The van der Waals surface area contributed by atoms with Crippen LogP contribution < -0.4 is 14.8 Å². The number of hydrogen-bond acceptors (Lipinski definition) is 3. The molecule has 0 aliphatic rings. The Morgan fingerprint density at radius 3 is 1.46 bits per heavy atom. The van der Waals surface area contributed by atoms with Gasteiger partial charge in [-0.2, -0.15) is 0 Å². The van der Waals surface area contributed by atoms with Crippen molar-refractivity contribution in [2.45, 2.75) is 58.9 Å². The van der Waals surface area contributed by atoms with Crippen LogP contribution in [-0.4, -0.2) is 33.5 Å². The first-order valence-electron chi connectivity index (χ1n) is 9.96. The summed E-state index contributed by atoms with van der Waals surface area (Å²) < 4.78 is 20.6. The van der Waals surface area contributed by atoms with E-state index in [-0.39, 0.29) is 0 Å². The second kappa shape index (κ2) is 8.41. The molecule has 0 aliphatic heterocycles. The van der Waals surface area contributed by atoms with Crippen LogP contribution in [0.1, 0.15) is 0 Å². The third-order valence-corrected chi connectivity index (χ3v) is 14.0. The SMILES string of the molecule is C[Si](C)(C)Oc1ccccc1[Si](O[Si](C)(C)C)(O[Si](C)(C)C)c1ccccc1. The van der Waals surface area contributed by atoms with Crippen molar-refractivity contribution in [1.29, 1.82) is 0 Å². The van der Waals surface area contributed by atoms with Crippen LogP contribution in [0.25, 0.3) is 0 Å². The monoisotopic (exact) mass is 448 g/mol. The molecule has 0 spiro atoms. The van der Waals surface area contributed by atoms with Gasteiger partial charge >= 0.3 is 8.56 Å². The van der Waals surface area contributed by atoms with Crippen LogP contribution in [0.3, 0.4) is 0 Å². The van der Waals surface area contributed by atoms with Gasteiger partial charge in [0.05, 0.1) is 0 Å². The molecule has 2 aromatic carbocycles. The van der Waals surface area contributed by atoms with Gasteiger partial charge in [-0.05, 0) is 70.2 Å². The van der Waals surface area contributed by atoms with E-state index in [0.717, 1.165) is 16.1 Å². The van der Waals surface area contributed by atoms with Crippen LogP contribution in [0.4, 0.5) is 0 Å². The molecule has 0 bridgehead atoms. The zero-order valence-corrected chi connectivity index (χ0v) is 22.9. The lowest BCUT2D eigenvalue weighted by atomic mass is 10.3. The number of para-hydroxylation sites is 1. The lowest BCUT2D eigenvalue weighted by Crippen LogP contribution is -2.70. The minimum atomic E-state index is -2.94. The zero-order valence-electron chi connectivity index (χ0n) is 18.9. The van der Waals surface area contributed by atoms with Crippen LogP contribution in [0.5, 0.6) is 5.75 Å². The van der Waals surface area contributed by atoms with Crippen molar-refractivity contribution in [1.82, 2.24) is 0 Å². The minimum absolute atomic E-state index is 0.925. The highest BCUT2D eigenvalue weighted by atomic mass is 28.5. The van der Waals surface area contributed by atoms with E-state index in [1.165, 1.54) is 0 Å². The molecule has 0 fully saturated rings. The highest BCUT2D eigenvalue weighted by molar-refractivity contribution is 7.02. The highest BCUT2D eigenvalue weighted by Crippen LogP contribution is 2.26. The predicted octanol–water partition coefficient (Wildman–Crippen LogP) is 5.16. The lowest BCUT2D eigenvalue weighted by Gasteiger charge is -2.42. The van der Waals surface area contributed by atoms with Gasteiger partial charge in [-0.3, -0.25) is 0 Å². The molecule has 0 atom stereocenters. The standard InChI is InChI=1S/C21H36O3Si4/c1-25(2,3)22-20-17-13-14-18-21(20)28(23-26(4,5)6,24-27(7,8)9)19-15-11-10-12-16-19/h10-18H,1-9H3. The van der Waals surface area contributed by atoms with Crippen LogP contribution in [0, 0.1) is 0 Å². The molecule has 7 heteroatoms. The van der Waals surface area contributed by atoms with Crippen molar-refractivity contribution in [3.05, 3.63) is 54.6 Å². The van der Waals surface area contributed by atoms with E-state index in [1.54, 1.807) is 0 Å². The summed E-state index contributed by atoms with van der Waals surface area (Å²) in [4.78, 5) is 0. The van der Waals surface area contributed by atoms with Gasteiger partial charge in [0.1, 0.15) is 5.75 Å². The van der Waals surface area contributed by atoms with Gasteiger partial charge in [-0.1, -0.05) is 48.5 Å².